The average Bonchev–Trinajstić information content (AvgIpc) is 3.31. The number of hydrogen-bond acceptors (Lipinski definition) is 4. The van der Waals surface area contributed by atoms with Crippen LogP contribution in [0.2, 0.25) is 0 Å². The Morgan fingerprint density at radius 3 is 2.55 bits per heavy atom. The second kappa shape index (κ2) is 5.38. The van der Waals surface area contributed by atoms with E-state index in [0.717, 1.165) is 0 Å². The molecule has 1 aliphatic rings. The Morgan fingerprint density at radius 1 is 1.27 bits per heavy atom. The highest BCUT2D eigenvalue weighted by atomic mass is 16.3. The van der Waals surface area contributed by atoms with Crippen LogP contribution in [-0.2, 0) is 0 Å². The molecule has 1 fully saturated rings. The predicted octanol–water partition coefficient (Wildman–Crippen LogP) is 0.560. The van der Waals surface area contributed by atoms with Gasteiger partial charge in [0, 0.05) is 35.9 Å². The van der Waals surface area contributed by atoms with Crippen molar-refractivity contribution >= 4 is 5.91 Å². The number of carbonyl (C=O) groups excluding carboxylic acids is 1. The highest BCUT2D eigenvalue weighted by Gasteiger charge is 2.39. The molecule has 114 valence electrons. The van der Waals surface area contributed by atoms with Gasteiger partial charge in [0.1, 0.15) is 0 Å². The molecule has 0 bridgehead atoms. The Labute approximate surface area is 126 Å². The van der Waals surface area contributed by atoms with Crippen LogP contribution < -0.4 is 11.2 Å². The molecule has 6 heteroatoms. The Morgan fingerprint density at radius 2 is 1.95 bits per heavy atom. The zero-order valence-electron chi connectivity index (χ0n) is 12.1. The zero-order valence-corrected chi connectivity index (χ0v) is 12.1. The van der Waals surface area contributed by atoms with E-state index in [0.29, 0.717) is 16.6 Å². The maximum Gasteiger partial charge on any atom is 0.338 e. The topological polar surface area (TPSA) is 81.3 Å². The molecular weight excluding hydrogens is 284 g/mol. The summed E-state index contributed by atoms with van der Waals surface area (Å²) >= 11 is 0. The van der Waals surface area contributed by atoms with Crippen LogP contribution in [0.5, 0.6) is 0 Å². The molecule has 2 aromatic rings. The quantitative estimate of drug-likeness (QED) is 0.898. The summed E-state index contributed by atoms with van der Waals surface area (Å²) in [6.07, 6.45) is 2.15. The lowest BCUT2D eigenvalue weighted by Crippen LogP contribution is -2.44. The van der Waals surface area contributed by atoms with Crippen molar-refractivity contribution in [1.82, 2.24) is 9.13 Å². The highest BCUT2D eigenvalue weighted by Crippen LogP contribution is 2.41. The summed E-state index contributed by atoms with van der Waals surface area (Å²) in [6, 6.07) is 8.09. The van der Waals surface area contributed by atoms with Crippen LogP contribution >= 0.6 is 0 Å². The van der Waals surface area contributed by atoms with E-state index < -0.39 is 17.2 Å². The van der Waals surface area contributed by atoms with Gasteiger partial charge in [0.05, 0.1) is 0 Å². The largest absolute Gasteiger partial charge is 0.396 e. The van der Waals surface area contributed by atoms with Crippen LogP contribution in [0.1, 0.15) is 28.4 Å². The second-order valence-corrected chi connectivity index (χ2v) is 5.56. The van der Waals surface area contributed by atoms with Crippen molar-refractivity contribution in [2.75, 3.05) is 6.61 Å². The number of aliphatic hydroxyl groups excluding tert-OH is 1. The van der Waals surface area contributed by atoms with Crippen LogP contribution in [-0.4, -0.2) is 26.8 Å². The molecule has 1 heterocycles. The fraction of sp³-hybridized carbons (Fsp3) is 0.312. The molecule has 2 atom stereocenters. The van der Waals surface area contributed by atoms with E-state index >= 15 is 0 Å². The van der Waals surface area contributed by atoms with E-state index in [1.54, 1.807) is 37.3 Å². The Kier molecular flexibility index (Phi) is 3.54. The number of carbonyl (C=O) groups is 1. The number of rotatable bonds is 3. The molecule has 3 rings (SSSR count). The Hall–Kier alpha value is -2.47. The van der Waals surface area contributed by atoms with Gasteiger partial charge in [-0.25, -0.2) is 4.79 Å². The van der Waals surface area contributed by atoms with E-state index in [9.17, 15) is 14.4 Å². The van der Waals surface area contributed by atoms with Crippen molar-refractivity contribution in [3.05, 3.63) is 68.5 Å². The van der Waals surface area contributed by atoms with Gasteiger partial charge in [0.2, 0.25) is 0 Å². The number of hydrogen-bond donors (Lipinski definition) is 1. The third kappa shape index (κ3) is 2.31. The first-order chi connectivity index (χ1) is 10.5. The van der Waals surface area contributed by atoms with Crippen molar-refractivity contribution in [3.8, 4) is 0 Å². The van der Waals surface area contributed by atoms with Gasteiger partial charge in [-0.05, 0) is 25.5 Å². The lowest BCUT2D eigenvalue weighted by atomic mass is 10.2. The van der Waals surface area contributed by atoms with Crippen LogP contribution in [0, 0.1) is 12.8 Å². The molecule has 1 aliphatic carbocycles. The summed E-state index contributed by atoms with van der Waals surface area (Å²) in [5.74, 6) is -0.621. The van der Waals surface area contributed by atoms with Crippen molar-refractivity contribution in [2.45, 2.75) is 19.4 Å². The maximum absolute atomic E-state index is 12.5. The minimum Gasteiger partial charge on any atom is -0.396 e. The molecule has 22 heavy (non-hydrogen) atoms. The summed E-state index contributed by atoms with van der Waals surface area (Å²) in [4.78, 5) is 37.2. The zero-order chi connectivity index (χ0) is 15.9. The smallest absolute Gasteiger partial charge is 0.338 e. The van der Waals surface area contributed by atoms with Gasteiger partial charge < -0.3 is 5.11 Å². The molecule has 1 aromatic heterocycles. The fourth-order valence-corrected chi connectivity index (χ4v) is 2.59. The van der Waals surface area contributed by atoms with Gasteiger partial charge in [0.25, 0.3) is 11.5 Å². The first-order valence-corrected chi connectivity index (χ1v) is 7.10. The summed E-state index contributed by atoms with van der Waals surface area (Å²) in [7, 11) is 0. The number of benzene rings is 1. The van der Waals surface area contributed by atoms with Gasteiger partial charge in [-0.3, -0.25) is 14.2 Å². The first-order valence-electron chi connectivity index (χ1n) is 7.10. The molecule has 0 aliphatic heterocycles. The minimum absolute atomic E-state index is 0.00915. The van der Waals surface area contributed by atoms with Crippen LogP contribution in [0.4, 0.5) is 0 Å². The molecule has 1 aromatic carbocycles. The van der Waals surface area contributed by atoms with Crippen molar-refractivity contribution in [3.63, 3.8) is 0 Å². The molecule has 0 spiro atoms. The first kappa shape index (κ1) is 14.5. The second-order valence-electron chi connectivity index (χ2n) is 5.56. The van der Waals surface area contributed by atoms with Crippen LogP contribution in [0.25, 0.3) is 0 Å². The number of aliphatic hydroxyl groups is 1. The molecule has 0 saturated heterocycles. The lowest BCUT2D eigenvalue weighted by molar-refractivity contribution is 0.0948. The molecule has 0 amide bonds. The van der Waals surface area contributed by atoms with Gasteiger partial charge in [-0.2, -0.15) is 4.57 Å². The summed E-state index contributed by atoms with van der Waals surface area (Å²) in [5.41, 5.74) is -0.637. The number of aromatic nitrogens is 2. The summed E-state index contributed by atoms with van der Waals surface area (Å²) < 4.78 is 2.07. The molecule has 0 unspecified atom stereocenters. The number of nitrogens with zero attached hydrogens (tertiary/aromatic N) is 2. The normalized spacial score (nSPS) is 19.9. The standard InChI is InChI=1S/C16H16N2O4/c1-10-8-17(13-7-12(13)9-19)16(22)18(14(10)20)15(21)11-5-3-2-4-6-11/h2-6,8,12-13,19H,7,9H2,1H3/t12-,13+/m0/s1. The van der Waals surface area contributed by atoms with Gasteiger partial charge in [-0.15, -0.1) is 0 Å². The van der Waals surface area contributed by atoms with E-state index in [-0.39, 0.29) is 24.1 Å². The van der Waals surface area contributed by atoms with E-state index in [4.69, 9.17) is 5.11 Å². The van der Waals surface area contributed by atoms with Gasteiger partial charge >= 0.3 is 5.69 Å². The van der Waals surface area contributed by atoms with Crippen molar-refractivity contribution < 1.29 is 9.90 Å². The Bertz CT molecular complexity index is 835. The predicted molar refractivity (Wildman–Crippen MR) is 80.1 cm³/mol. The lowest BCUT2D eigenvalue weighted by Gasteiger charge is -2.10. The third-order valence-electron chi connectivity index (χ3n) is 3.99. The molecule has 6 nitrogen and oxygen atoms in total. The van der Waals surface area contributed by atoms with Gasteiger partial charge in [-0.1, -0.05) is 18.2 Å². The third-order valence-corrected chi connectivity index (χ3v) is 3.99. The molecule has 0 radical (unpaired) electrons. The molecule has 1 saturated carbocycles. The molecule has 1 N–H and O–H groups in total. The SMILES string of the molecule is Cc1cn([C@@H]2C[C@H]2CO)c(=O)n(C(=O)c2ccccc2)c1=O. The summed E-state index contributed by atoms with van der Waals surface area (Å²) in [5, 5.41) is 9.16. The van der Waals surface area contributed by atoms with Gasteiger partial charge in [0.15, 0.2) is 0 Å². The fourth-order valence-electron chi connectivity index (χ4n) is 2.59. The highest BCUT2D eigenvalue weighted by molar-refractivity contribution is 5.95. The summed E-state index contributed by atoms with van der Waals surface area (Å²) in [6.45, 7) is 1.56. The maximum atomic E-state index is 12.5. The van der Waals surface area contributed by atoms with Crippen LogP contribution in [0.3, 0.4) is 0 Å². The van der Waals surface area contributed by atoms with Crippen LogP contribution in [0.15, 0.2) is 46.1 Å². The average molecular weight is 300 g/mol. The Balaban J connectivity index is 2.14. The van der Waals surface area contributed by atoms with E-state index in [1.807, 2.05) is 0 Å². The monoisotopic (exact) mass is 300 g/mol. The minimum atomic E-state index is -0.648. The number of aryl methyl sites for hydroxylation is 1. The van der Waals surface area contributed by atoms with E-state index in [1.165, 1.54) is 10.8 Å². The molecular formula is C16H16N2O4. The van der Waals surface area contributed by atoms with E-state index in [2.05, 4.69) is 0 Å². The van der Waals surface area contributed by atoms with Crippen molar-refractivity contribution in [1.29, 1.82) is 0 Å². The van der Waals surface area contributed by atoms with Crippen molar-refractivity contribution in [2.24, 2.45) is 5.92 Å².